The summed E-state index contributed by atoms with van der Waals surface area (Å²) in [6.07, 6.45) is -4.53. The third-order valence-corrected chi connectivity index (χ3v) is 4.51. The highest BCUT2D eigenvalue weighted by Crippen LogP contribution is 2.36. The Morgan fingerprint density at radius 2 is 1.57 bits per heavy atom. The molecule has 28 heavy (non-hydrogen) atoms. The van der Waals surface area contributed by atoms with Gasteiger partial charge < -0.3 is 24.1 Å². The molecule has 0 spiro atoms. The van der Waals surface area contributed by atoms with Crippen molar-refractivity contribution in [3.63, 3.8) is 0 Å². The van der Waals surface area contributed by atoms with Gasteiger partial charge in [0.2, 0.25) is 0 Å². The van der Waals surface area contributed by atoms with Crippen LogP contribution in [0.3, 0.4) is 0 Å². The summed E-state index contributed by atoms with van der Waals surface area (Å²) in [4.78, 5) is 11.5. The van der Waals surface area contributed by atoms with Crippen molar-refractivity contribution in [2.45, 2.75) is 71.4 Å². The summed E-state index contributed by atoms with van der Waals surface area (Å²) in [5, 5.41) is 2.00. The lowest BCUT2D eigenvalue weighted by Crippen LogP contribution is -2.42. The average molecular weight is 399 g/mol. The number of benzene rings is 1. The van der Waals surface area contributed by atoms with Crippen LogP contribution in [-0.4, -0.2) is 42.7 Å². The fraction of sp³-hybridized carbons (Fsp3) is 0.632. The maximum absolute atomic E-state index is 14.0. The molecule has 2 rings (SSSR count). The van der Waals surface area contributed by atoms with Crippen molar-refractivity contribution >= 4 is 18.7 Å². The van der Waals surface area contributed by atoms with Gasteiger partial charge in [0.05, 0.1) is 11.2 Å². The van der Waals surface area contributed by atoms with Gasteiger partial charge in [-0.2, -0.15) is 8.78 Å². The maximum Gasteiger partial charge on any atom is 0.494 e. The number of nitrogens with one attached hydrogen (secondary N) is 1. The lowest BCUT2D eigenvalue weighted by atomic mass is 9.79. The Bertz CT molecular complexity index is 685. The Morgan fingerprint density at radius 1 is 1.07 bits per heavy atom. The Hall–Kier alpha value is -1.87. The first-order valence-corrected chi connectivity index (χ1v) is 9.10. The van der Waals surface area contributed by atoms with Crippen molar-refractivity contribution in [1.82, 2.24) is 5.32 Å². The van der Waals surface area contributed by atoms with Crippen LogP contribution in [0, 0.1) is 0 Å². The highest BCUT2D eigenvalue weighted by Gasteiger charge is 2.51. The molecule has 156 valence electrons. The highest BCUT2D eigenvalue weighted by molar-refractivity contribution is 6.62. The van der Waals surface area contributed by atoms with Gasteiger partial charge in [-0.3, -0.25) is 0 Å². The van der Waals surface area contributed by atoms with E-state index in [2.05, 4.69) is 0 Å². The molecule has 1 fully saturated rings. The smallest absolute Gasteiger partial charge is 0.444 e. The van der Waals surface area contributed by atoms with E-state index in [9.17, 15) is 13.6 Å². The van der Waals surface area contributed by atoms with Gasteiger partial charge in [0.15, 0.2) is 0 Å². The number of carbonyl (C=O) groups excluding carboxylic acids is 1. The van der Waals surface area contributed by atoms with Gasteiger partial charge in [-0.25, -0.2) is 4.79 Å². The van der Waals surface area contributed by atoms with Crippen LogP contribution in [0.25, 0.3) is 0 Å². The first-order chi connectivity index (χ1) is 12.6. The van der Waals surface area contributed by atoms with Crippen LogP contribution < -0.4 is 15.5 Å². The van der Waals surface area contributed by atoms with E-state index in [4.69, 9.17) is 18.8 Å². The first kappa shape index (κ1) is 22.4. The molecule has 0 aromatic heterocycles. The van der Waals surface area contributed by atoms with E-state index >= 15 is 0 Å². The largest absolute Gasteiger partial charge is 0.494 e. The number of hydrogen-bond acceptors (Lipinski definition) is 5. The van der Waals surface area contributed by atoms with Crippen LogP contribution in [0.2, 0.25) is 0 Å². The average Bonchev–Trinajstić information content (AvgIpc) is 2.72. The fourth-order valence-corrected chi connectivity index (χ4v) is 2.37. The van der Waals surface area contributed by atoms with Crippen molar-refractivity contribution in [2.24, 2.45) is 0 Å². The molecule has 0 radical (unpaired) electrons. The summed E-state index contributed by atoms with van der Waals surface area (Å²) in [6.45, 7) is 11.6. The minimum Gasteiger partial charge on any atom is -0.444 e. The van der Waals surface area contributed by atoms with E-state index in [1.807, 2.05) is 33.0 Å². The van der Waals surface area contributed by atoms with E-state index in [1.54, 1.807) is 32.9 Å². The summed E-state index contributed by atoms with van der Waals surface area (Å²) in [5.41, 5.74) is -1.06. The molecule has 1 N–H and O–H groups in total. The minimum atomic E-state index is -3.59. The maximum atomic E-state index is 14.0. The minimum absolute atomic E-state index is 0.0451. The van der Waals surface area contributed by atoms with Crippen LogP contribution >= 0.6 is 0 Å². The first-order valence-electron chi connectivity index (χ1n) is 9.10. The molecule has 0 saturated carbocycles. The highest BCUT2D eigenvalue weighted by atomic mass is 19.3. The summed E-state index contributed by atoms with van der Waals surface area (Å²) >= 11 is 0. The number of hydrogen-bond donors (Lipinski definition) is 1. The van der Waals surface area contributed by atoms with E-state index in [1.165, 1.54) is 12.1 Å². The molecule has 0 unspecified atom stereocenters. The van der Waals surface area contributed by atoms with E-state index < -0.39 is 42.7 Å². The molecule has 1 aromatic rings. The van der Waals surface area contributed by atoms with Crippen molar-refractivity contribution in [2.75, 3.05) is 6.54 Å². The zero-order chi connectivity index (χ0) is 21.4. The topological polar surface area (TPSA) is 66.0 Å². The number of ether oxygens (including phenoxy) is 2. The van der Waals surface area contributed by atoms with Crippen molar-refractivity contribution in [1.29, 1.82) is 0 Å². The van der Waals surface area contributed by atoms with Gasteiger partial charge in [-0.05, 0) is 66.1 Å². The van der Waals surface area contributed by atoms with E-state index in [0.717, 1.165) is 0 Å². The molecule has 1 aliphatic heterocycles. The second-order valence-corrected chi connectivity index (χ2v) is 8.75. The van der Waals surface area contributed by atoms with Gasteiger partial charge in [0, 0.05) is 0 Å². The molecule has 0 bridgehead atoms. The fourth-order valence-electron chi connectivity index (χ4n) is 2.37. The van der Waals surface area contributed by atoms with E-state index in [-0.39, 0.29) is 5.75 Å². The van der Waals surface area contributed by atoms with Gasteiger partial charge in [-0.1, -0.05) is 12.1 Å². The number of halogens is 2. The number of alkyl carbamates (subject to hydrolysis) is 1. The summed E-state index contributed by atoms with van der Waals surface area (Å²) in [7, 11) is -0.589. The van der Waals surface area contributed by atoms with E-state index in [0.29, 0.717) is 5.46 Å². The number of rotatable bonds is 5. The molecule has 0 atom stereocenters. The Kier molecular flexibility index (Phi) is 6.02. The number of amides is 1. The molecular formula is C19H28BF2NO5. The Balaban J connectivity index is 1.94. The summed E-state index contributed by atoms with van der Waals surface area (Å²) < 4.78 is 49.4. The third-order valence-electron chi connectivity index (χ3n) is 4.51. The van der Waals surface area contributed by atoms with Gasteiger partial charge >= 0.3 is 19.3 Å². The summed E-state index contributed by atoms with van der Waals surface area (Å²) in [5.74, 6) is -0.0451. The molecule has 1 amide bonds. The predicted molar refractivity (Wildman–Crippen MR) is 102 cm³/mol. The van der Waals surface area contributed by atoms with Crippen molar-refractivity contribution < 1.29 is 32.4 Å². The molecule has 1 heterocycles. The monoisotopic (exact) mass is 399 g/mol. The zero-order valence-electron chi connectivity index (χ0n) is 17.4. The van der Waals surface area contributed by atoms with Crippen LogP contribution in [0.5, 0.6) is 5.75 Å². The molecular weight excluding hydrogens is 371 g/mol. The lowest BCUT2D eigenvalue weighted by Gasteiger charge is -2.32. The molecule has 1 saturated heterocycles. The van der Waals surface area contributed by atoms with Crippen molar-refractivity contribution in [3.8, 4) is 5.75 Å². The van der Waals surface area contributed by atoms with Crippen LogP contribution in [0.4, 0.5) is 13.6 Å². The second-order valence-electron chi connectivity index (χ2n) is 8.75. The number of alkyl halides is 2. The molecule has 1 aliphatic rings. The van der Waals surface area contributed by atoms with Crippen molar-refractivity contribution in [3.05, 3.63) is 24.3 Å². The molecule has 6 nitrogen and oxygen atoms in total. The Morgan fingerprint density at radius 3 is 2.04 bits per heavy atom. The normalized spacial score (nSPS) is 18.7. The molecule has 1 aromatic carbocycles. The SMILES string of the molecule is CC(C)(C)OC(=O)NCC(F)(F)Oc1ccc(B2OC(C)(C)C(C)(C)O2)cc1. The Labute approximate surface area is 165 Å². The predicted octanol–water partition coefficient (Wildman–Crippen LogP) is 3.48. The standard InChI is InChI=1S/C19H28BF2NO5/c1-16(2,3)26-15(24)23-12-19(21,22)25-14-10-8-13(9-11-14)20-27-17(4,5)18(6,7)28-20/h8-11H,12H2,1-7H3,(H,23,24). The van der Waals surface area contributed by atoms with Gasteiger partial charge in [0.1, 0.15) is 17.9 Å². The summed E-state index contributed by atoms with van der Waals surface area (Å²) in [6, 6.07) is 6.02. The second kappa shape index (κ2) is 7.52. The van der Waals surface area contributed by atoms with Crippen LogP contribution in [-0.2, 0) is 14.0 Å². The van der Waals surface area contributed by atoms with Gasteiger partial charge in [-0.15, -0.1) is 0 Å². The zero-order valence-corrected chi connectivity index (χ0v) is 17.4. The molecule has 0 aliphatic carbocycles. The number of carbonyl (C=O) groups is 1. The third kappa shape index (κ3) is 5.81. The lowest BCUT2D eigenvalue weighted by molar-refractivity contribution is -0.170. The molecule has 9 heteroatoms. The van der Waals surface area contributed by atoms with Crippen LogP contribution in [0.1, 0.15) is 48.5 Å². The van der Waals surface area contributed by atoms with Crippen LogP contribution in [0.15, 0.2) is 24.3 Å². The quantitative estimate of drug-likeness (QED) is 0.769. The van der Waals surface area contributed by atoms with Gasteiger partial charge in [0.25, 0.3) is 0 Å².